The topological polar surface area (TPSA) is 57.9 Å². The molecule has 0 bridgehead atoms. The molecule has 0 aliphatic carbocycles. The average Bonchev–Trinajstić information content (AvgIpc) is 3.48. The van der Waals surface area contributed by atoms with E-state index < -0.39 is 0 Å². The lowest BCUT2D eigenvalue weighted by atomic mass is 10.1. The third kappa shape index (κ3) is 4.39. The predicted octanol–water partition coefficient (Wildman–Crippen LogP) is 2.27. The number of morpholine rings is 1. The zero-order valence-corrected chi connectivity index (χ0v) is 17.6. The molecule has 1 N–H and O–H groups in total. The summed E-state index contributed by atoms with van der Waals surface area (Å²) in [5.74, 6) is 0.956. The van der Waals surface area contributed by atoms with Crippen LogP contribution in [-0.4, -0.2) is 71.9 Å². The van der Waals surface area contributed by atoms with E-state index in [1.54, 1.807) is 0 Å². The molecule has 2 aromatic rings. The van der Waals surface area contributed by atoms with Gasteiger partial charge in [0, 0.05) is 43.8 Å². The second kappa shape index (κ2) is 9.07. The van der Waals surface area contributed by atoms with Gasteiger partial charge in [0.2, 0.25) is 0 Å². The van der Waals surface area contributed by atoms with Gasteiger partial charge in [-0.3, -0.25) is 14.6 Å². The monoisotopic (exact) mass is 402 g/mol. The lowest BCUT2D eigenvalue weighted by Gasteiger charge is -2.36. The van der Waals surface area contributed by atoms with E-state index in [0.717, 1.165) is 31.2 Å². The maximum Gasteiger partial charge on any atom is 0.193 e. The highest BCUT2D eigenvalue weighted by Gasteiger charge is 2.28. The van der Waals surface area contributed by atoms with Crippen LogP contribution in [0.4, 0.5) is 0 Å². The number of nitrogens with zero attached hydrogens (tertiary/aromatic N) is 5. The largest absolute Gasteiger partial charge is 0.370 e. The Morgan fingerprint density at radius 2 is 2.25 bits per heavy atom. The van der Waals surface area contributed by atoms with Crippen molar-refractivity contribution in [2.24, 2.45) is 12.0 Å². The minimum atomic E-state index is 0.0349. The molecule has 2 atom stereocenters. The summed E-state index contributed by atoms with van der Waals surface area (Å²) in [6, 6.07) is 4.82. The quantitative estimate of drug-likeness (QED) is 0.614. The first-order valence-electron chi connectivity index (χ1n) is 10.1. The van der Waals surface area contributed by atoms with Crippen molar-refractivity contribution >= 4 is 17.3 Å². The lowest BCUT2D eigenvalue weighted by Crippen LogP contribution is -2.49. The third-order valence-corrected chi connectivity index (χ3v) is 6.55. The highest BCUT2D eigenvalue weighted by molar-refractivity contribution is 7.10. The van der Waals surface area contributed by atoms with E-state index in [9.17, 15) is 0 Å². The SMILES string of the molecule is CN=C(NCC(c1cccs1)N1CCCC1)N1CCOC(c2cnn(C)c2)C1. The van der Waals surface area contributed by atoms with Gasteiger partial charge in [0.25, 0.3) is 0 Å². The molecule has 2 aliphatic rings. The molecule has 8 heteroatoms. The van der Waals surface area contributed by atoms with Crippen molar-refractivity contribution in [3.63, 3.8) is 0 Å². The summed E-state index contributed by atoms with van der Waals surface area (Å²) in [7, 11) is 3.81. The van der Waals surface area contributed by atoms with Crippen LogP contribution in [0.2, 0.25) is 0 Å². The van der Waals surface area contributed by atoms with Gasteiger partial charge in [-0.15, -0.1) is 11.3 Å². The number of aliphatic imine (C=N–C) groups is 1. The fraction of sp³-hybridized carbons (Fsp3) is 0.600. The van der Waals surface area contributed by atoms with E-state index in [2.05, 4.69) is 42.7 Å². The minimum Gasteiger partial charge on any atom is -0.370 e. The second-order valence-corrected chi connectivity index (χ2v) is 8.43. The first kappa shape index (κ1) is 19.4. The van der Waals surface area contributed by atoms with Crippen LogP contribution in [0.15, 0.2) is 34.9 Å². The standard InChI is InChI=1S/C20H30N6OS/c1-21-20(26-9-10-27-18(15-26)16-12-23-24(2)14-16)22-13-17(19-6-5-11-28-19)25-7-3-4-8-25/h5-6,11-12,14,17-18H,3-4,7-10,13,15H2,1-2H3,(H,21,22). The number of aryl methyl sites for hydroxylation is 1. The van der Waals surface area contributed by atoms with Crippen LogP contribution in [-0.2, 0) is 11.8 Å². The van der Waals surface area contributed by atoms with Gasteiger partial charge in [-0.25, -0.2) is 0 Å². The number of guanidine groups is 1. The molecule has 0 saturated carbocycles. The van der Waals surface area contributed by atoms with Gasteiger partial charge >= 0.3 is 0 Å². The first-order valence-corrected chi connectivity index (χ1v) is 11.0. The molecule has 2 fully saturated rings. The highest BCUT2D eigenvalue weighted by atomic mass is 32.1. The molecule has 0 aromatic carbocycles. The molecule has 152 valence electrons. The van der Waals surface area contributed by atoms with Gasteiger partial charge in [-0.2, -0.15) is 5.10 Å². The van der Waals surface area contributed by atoms with Crippen LogP contribution < -0.4 is 5.32 Å². The molecule has 0 spiro atoms. The Morgan fingerprint density at radius 1 is 1.39 bits per heavy atom. The average molecular weight is 403 g/mol. The molecular formula is C20H30N6OS. The predicted molar refractivity (Wildman–Crippen MR) is 113 cm³/mol. The molecule has 4 heterocycles. The van der Waals surface area contributed by atoms with Crippen molar-refractivity contribution in [1.82, 2.24) is 24.9 Å². The van der Waals surface area contributed by atoms with E-state index in [4.69, 9.17) is 4.74 Å². The number of likely N-dealkylation sites (tertiary alicyclic amines) is 1. The van der Waals surface area contributed by atoms with Crippen LogP contribution in [0.1, 0.15) is 35.4 Å². The van der Waals surface area contributed by atoms with Crippen molar-refractivity contribution in [1.29, 1.82) is 0 Å². The van der Waals surface area contributed by atoms with Gasteiger partial charge in [0.05, 0.1) is 25.4 Å². The Morgan fingerprint density at radius 3 is 2.93 bits per heavy atom. The normalized spacial score (nSPS) is 22.6. The molecule has 2 unspecified atom stereocenters. The van der Waals surface area contributed by atoms with Gasteiger partial charge in [-0.05, 0) is 37.4 Å². The zero-order valence-electron chi connectivity index (χ0n) is 16.8. The Balaban J connectivity index is 1.40. The van der Waals surface area contributed by atoms with Gasteiger partial charge < -0.3 is 15.0 Å². The number of hydrogen-bond donors (Lipinski definition) is 1. The number of rotatable bonds is 5. The molecular weight excluding hydrogens is 372 g/mol. The molecule has 0 radical (unpaired) electrons. The smallest absolute Gasteiger partial charge is 0.193 e. The van der Waals surface area contributed by atoms with E-state index in [0.29, 0.717) is 12.6 Å². The van der Waals surface area contributed by atoms with Gasteiger partial charge in [0.15, 0.2) is 5.96 Å². The Labute approximate surface area is 171 Å². The second-order valence-electron chi connectivity index (χ2n) is 7.46. The van der Waals surface area contributed by atoms with Crippen LogP contribution in [0.5, 0.6) is 0 Å². The molecule has 7 nitrogen and oxygen atoms in total. The zero-order chi connectivity index (χ0) is 19.3. The van der Waals surface area contributed by atoms with Crippen molar-refractivity contribution in [3.05, 3.63) is 40.3 Å². The van der Waals surface area contributed by atoms with Crippen molar-refractivity contribution in [2.75, 3.05) is 46.4 Å². The number of nitrogens with one attached hydrogen (secondary N) is 1. The third-order valence-electron chi connectivity index (χ3n) is 5.58. The van der Waals surface area contributed by atoms with Crippen LogP contribution >= 0.6 is 11.3 Å². The molecule has 2 aromatic heterocycles. The van der Waals surface area contributed by atoms with Gasteiger partial charge in [-0.1, -0.05) is 6.07 Å². The van der Waals surface area contributed by atoms with Crippen LogP contribution in [0.25, 0.3) is 0 Å². The highest BCUT2D eigenvalue weighted by Crippen LogP contribution is 2.28. The molecule has 0 amide bonds. The fourth-order valence-corrected chi connectivity index (χ4v) is 4.97. The molecule has 2 saturated heterocycles. The lowest BCUT2D eigenvalue weighted by molar-refractivity contribution is -0.00812. The summed E-state index contributed by atoms with van der Waals surface area (Å²) in [5.41, 5.74) is 1.12. The first-order chi connectivity index (χ1) is 13.7. The maximum absolute atomic E-state index is 5.98. The Kier molecular flexibility index (Phi) is 6.29. The fourth-order valence-electron chi connectivity index (χ4n) is 4.11. The van der Waals surface area contributed by atoms with Crippen molar-refractivity contribution in [3.8, 4) is 0 Å². The number of hydrogen-bond acceptors (Lipinski definition) is 5. The Hall–Kier alpha value is -1.90. The van der Waals surface area contributed by atoms with E-state index >= 15 is 0 Å². The maximum atomic E-state index is 5.98. The van der Waals surface area contributed by atoms with Crippen molar-refractivity contribution < 1.29 is 4.74 Å². The van der Waals surface area contributed by atoms with Gasteiger partial charge in [0.1, 0.15) is 6.10 Å². The minimum absolute atomic E-state index is 0.0349. The molecule has 4 rings (SSSR count). The summed E-state index contributed by atoms with van der Waals surface area (Å²) in [4.78, 5) is 10.9. The number of thiophene rings is 1. The van der Waals surface area contributed by atoms with Crippen LogP contribution in [0, 0.1) is 0 Å². The summed E-state index contributed by atoms with van der Waals surface area (Å²) in [6.45, 7) is 5.58. The number of ether oxygens (including phenoxy) is 1. The summed E-state index contributed by atoms with van der Waals surface area (Å²) in [6.07, 6.45) is 6.56. The van der Waals surface area contributed by atoms with E-state index in [1.807, 2.05) is 42.5 Å². The summed E-state index contributed by atoms with van der Waals surface area (Å²) >= 11 is 1.85. The van der Waals surface area contributed by atoms with Crippen molar-refractivity contribution in [2.45, 2.75) is 25.0 Å². The summed E-state index contributed by atoms with van der Waals surface area (Å²) in [5, 5.41) is 10.1. The number of aromatic nitrogens is 2. The van der Waals surface area contributed by atoms with E-state index in [1.165, 1.54) is 30.8 Å². The summed E-state index contributed by atoms with van der Waals surface area (Å²) < 4.78 is 7.81. The van der Waals surface area contributed by atoms with Crippen LogP contribution in [0.3, 0.4) is 0 Å². The Bertz CT molecular complexity index is 768. The van der Waals surface area contributed by atoms with E-state index in [-0.39, 0.29) is 6.10 Å². The molecule has 28 heavy (non-hydrogen) atoms. The molecule has 2 aliphatic heterocycles.